The summed E-state index contributed by atoms with van der Waals surface area (Å²) in [6.45, 7) is 0.174. The fraction of sp³-hybridized carbons (Fsp3) is 0.273. The molecule has 6 heteroatoms. The van der Waals surface area contributed by atoms with Gasteiger partial charge in [0.15, 0.2) is 0 Å². The van der Waals surface area contributed by atoms with Gasteiger partial charge in [-0.1, -0.05) is 33.3 Å². The molecule has 17 heavy (non-hydrogen) atoms. The van der Waals surface area contributed by atoms with E-state index in [1.807, 2.05) is 24.3 Å². The highest BCUT2D eigenvalue weighted by molar-refractivity contribution is 9.10. The summed E-state index contributed by atoms with van der Waals surface area (Å²) in [5.74, 6) is 0. The van der Waals surface area contributed by atoms with Crippen LogP contribution in [-0.2, 0) is 13.2 Å². The molecule has 1 aromatic heterocycles. The van der Waals surface area contributed by atoms with E-state index in [0.29, 0.717) is 12.2 Å². The number of aliphatic hydroxyl groups excluding tert-OH is 2. The molecule has 0 unspecified atom stereocenters. The van der Waals surface area contributed by atoms with E-state index >= 15 is 0 Å². The van der Waals surface area contributed by atoms with Crippen molar-refractivity contribution in [3.05, 3.63) is 34.4 Å². The van der Waals surface area contributed by atoms with Crippen LogP contribution >= 0.6 is 15.9 Å². The predicted molar refractivity (Wildman–Crippen MR) is 66.2 cm³/mol. The van der Waals surface area contributed by atoms with Crippen LogP contribution in [0.4, 0.5) is 0 Å². The molecular formula is C11H12BrN3O2. The first-order valence-corrected chi connectivity index (χ1v) is 5.95. The summed E-state index contributed by atoms with van der Waals surface area (Å²) in [6, 6.07) is 7.64. The smallest absolute Gasteiger partial charge is 0.116 e. The lowest BCUT2D eigenvalue weighted by molar-refractivity contribution is 0.268. The van der Waals surface area contributed by atoms with Crippen LogP contribution in [0.25, 0.3) is 11.3 Å². The Morgan fingerprint density at radius 3 is 2.47 bits per heavy atom. The molecule has 0 spiro atoms. The molecule has 90 valence electrons. The summed E-state index contributed by atoms with van der Waals surface area (Å²) in [7, 11) is 0. The Balaban J connectivity index is 2.47. The van der Waals surface area contributed by atoms with Gasteiger partial charge in [0.25, 0.3) is 0 Å². The van der Waals surface area contributed by atoms with E-state index < -0.39 is 0 Å². The first-order chi connectivity index (χ1) is 8.26. The molecule has 0 fully saturated rings. The highest BCUT2D eigenvalue weighted by Gasteiger charge is 2.13. The van der Waals surface area contributed by atoms with Gasteiger partial charge in [0, 0.05) is 10.0 Å². The zero-order valence-electron chi connectivity index (χ0n) is 9.04. The van der Waals surface area contributed by atoms with E-state index in [1.165, 1.54) is 0 Å². The molecule has 1 aromatic carbocycles. The summed E-state index contributed by atoms with van der Waals surface area (Å²) >= 11 is 3.37. The second kappa shape index (κ2) is 5.39. The van der Waals surface area contributed by atoms with Crippen LogP contribution in [0.3, 0.4) is 0 Å². The van der Waals surface area contributed by atoms with Gasteiger partial charge in [-0.3, -0.25) is 0 Å². The highest BCUT2D eigenvalue weighted by atomic mass is 79.9. The Morgan fingerprint density at radius 1 is 1.18 bits per heavy atom. The Kier molecular flexibility index (Phi) is 3.88. The topological polar surface area (TPSA) is 71.2 Å². The number of aromatic nitrogens is 3. The van der Waals surface area contributed by atoms with Crippen LogP contribution in [0.15, 0.2) is 28.7 Å². The minimum atomic E-state index is -0.170. The van der Waals surface area contributed by atoms with Crippen molar-refractivity contribution in [2.45, 2.75) is 13.2 Å². The molecule has 0 amide bonds. The van der Waals surface area contributed by atoms with Crippen LogP contribution in [0.1, 0.15) is 5.69 Å². The Bertz CT molecular complexity index is 496. The number of nitrogens with zero attached hydrogens (tertiary/aromatic N) is 3. The van der Waals surface area contributed by atoms with Crippen molar-refractivity contribution < 1.29 is 10.2 Å². The predicted octanol–water partition coefficient (Wildman–Crippen LogP) is 1.19. The Labute approximate surface area is 107 Å². The van der Waals surface area contributed by atoms with Crippen molar-refractivity contribution >= 4 is 15.9 Å². The van der Waals surface area contributed by atoms with Gasteiger partial charge in [0.05, 0.1) is 25.5 Å². The molecule has 0 radical (unpaired) electrons. The summed E-state index contributed by atoms with van der Waals surface area (Å²) in [6.07, 6.45) is 0. The molecule has 0 saturated carbocycles. The fourth-order valence-corrected chi connectivity index (χ4v) is 1.89. The lowest BCUT2D eigenvalue weighted by atomic mass is 10.1. The second-order valence-corrected chi connectivity index (χ2v) is 4.41. The average Bonchev–Trinajstić information content (AvgIpc) is 2.74. The van der Waals surface area contributed by atoms with Crippen LogP contribution in [-0.4, -0.2) is 31.8 Å². The van der Waals surface area contributed by atoms with E-state index in [9.17, 15) is 5.11 Å². The molecule has 2 aromatic rings. The molecule has 0 saturated heterocycles. The van der Waals surface area contributed by atoms with Gasteiger partial charge < -0.3 is 10.2 Å². The van der Waals surface area contributed by atoms with Crippen molar-refractivity contribution in [2.24, 2.45) is 0 Å². The van der Waals surface area contributed by atoms with Gasteiger partial charge in [-0.05, 0) is 12.1 Å². The standard InChI is InChI=1S/C11H12BrN3O2/c12-9-3-1-8(2-4-9)11-10(7-17)13-14-15(11)5-6-16/h1-4,16-17H,5-7H2. The third-order valence-electron chi connectivity index (χ3n) is 2.38. The molecule has 2 rings (SSSR count). The molecule has 5 nitrogen and oxygen atoms in total. The lowest BCUT2D eigenvalue weighted by Gasteiger charge is -2.06. The second-order valence-electron chi connectivity index (χ2n) is 3.50. The van der Waals surface area contributed by atoms with Crippen molar-refractivity contribution in [3.63, 3.8) is 0 Å². The molecular weight excluding hydrogens is 286 g/mol. The molecule has 0 atom stereocenters. The molecule has 0 aliphatic carbocycles. The Morgan fingerprint density at radius 2 is 1.88 bits per heavy atom. The quantitative estimate of drug-likeness (QED) is 0.889. The van der Waals surface area contributed by atoms with Gasteiger partial charge in [-0.25, -0.2) is 4.68 Å². The third kappa shape index (κ3) is 2.54. The fourth-order valence-electron chi connectivity index (χ4n) is 1.63. The number of aliphatic hydroxyl groups is 2. The minimum Gasteiger partial charge on any atom is -0.394 e. The first kappa shape index (κ1) is 12.2. The van der Waals surface area contributed by atoms with Crippen molar-refractivity contribution in [3.8, 4) is 11.3 Å². The number of hydrogen-bond donors (Lipinski definition) is 2. The molecule has 0 bridgehead atoms. The Hall–Kier alpha value is -1.24. The zero-order valence-corrected chi connectivity index (χ0v) is 10.6. The van der Waals surface area contributed by atoms with E-state index in [0.717, 1.165) is 15.7 Å². The number of rotatable bonds is 4. The van der Waals surface area contributed by atoms with Crippen LogP contribution in [0, 0.1) is 0 Å². The van der Waals surface area contributed by atoms with E-state index in [2.05, 4.69) is 26.2 Å². The van der Waals surface area contributed by atoms with Crippen LogP contribution < -0.4 is 0 Å². The maximum atomic E-state index is 9.23. The van der Waals surface area contributed by atoms with Gasteiger partial charge >= 0.3 is 0 Å². The van der Waals surface area contributed by atoms with E-state index in [4.69, 9.17) is 5.11 Å². The maximum Gasteiger partial charge on any atom is 0.116 e. The SMILES string of the molecule is OCCn1nnc(CO)c1-c1ccc(Br)cc1. The van der Waals surface area contributed by atoms with Crippen molar-refractivity contribution in [1.29, 1.82) is 0 Å². The summed E-state index contributed by atoms with van der Waals surface area (Å²) < 4.78 is 2.57. The molecule has 2 N–H and O–H groups in total. The zero-order chi connectivity index (χ0) is 12.3. The lowest BCUT2D eigenvalue weighted by Crippen LogP contribution is -2.06. The van der Waals surface area contributed by atoms with Crippen LogP contribution in [0.2, 0.25) is 0 Å². The van der Waals surface area contributed by atoms with Gasteiger partial charge in [0.2, 0.25) is 0 Å². The number of hydrogen-bond acceptors (Lipinski definition) is 4. The number of halogens is 1. The largest absolute Gasteiger partial charge is 0.394 e. The normalized spacial score (nSPS) is 10.8. The maximum absolute atomic E-state index is 9.23. The molecule has 0 aliphatic rings. The van der Waals surface area contributed by atoms with Gasteiger partial charge in [-0.2, -0.15) is 0 Å². The minimum absolute atomic E-state index is 0.0161. The monoisotopic (exact) mass is 297 g/mol. The van der Waals surface area contributed by atoms with Crippen molar-refractivity contribution in [1.82, 2.24) is 15.0 Å². The third-order valence-corrected chi connectivity index (χ3v) is 2.91. The number of benzene rings is 1. The first-order valence-electron chi connectivity index (χ1n) is 5.16. The van der Waals surface area contributed by atoms with Crippen molar-refractivity contribution in [2.75, 3.05) is 6.61 Å². The summed E-state index contributed by atoms with van der Waals surface area (Å²) in [5, 5.41) is 26.0. The summed E-state index contributed by atoms with van der Waals surface area (Å²) in [5.41, 5.74) is 2.17. The van der Waals surface area contributed by atoms with E-state index in [1.54, 1.807) is 4.68 Å². The highest BCUT2D eigenvalue weighted by Crippen LogP contribution is 2.24. The van der Waals surface area contributed by atoms with E-state index in [-0.39, 0.29) is 13.2 Å². The molecule has 0 aliphatic heterocycles. The summed E-state index contributed by atoms with van der Waals surface area (Å²) in [4.78, 5) is 0. The van der Waals surface area contributed by atoms with Crippen LogP contribution in [0.5, 0.6) is 0 Å². The van der Waals surface area contributed by atoms with Gasteiger partial charge in [-0.15, -0.1) is 5.10 Å². The average molecular weight is 298 g/mol. The molecule has 1 heterocycles. The van der Waals surface area contributed by atoms with Gasteiger partial charge in [0.1, 0.15) is 5.69 Å².